The number of hydrogen-bond acceptors (Lipinski definition) is 1. The summed E-state index contributed by atoms with van der Waals surface area (Å²) in [6.45, 7) is 2.06. The van der Waals surface area contributed by atoms with Gasteiger partial charge in [0.05, 0.1) is 6.26 Å². The maximum Gasteiger partial charge on any atom is 0.136 e. The molecule has 0 saturated carbocycles. The second-order valence-electron chi connectivity index (χ2n) is 2.76. The molecule has 0 aliphatic heterocycles. The number of aryl methyl sites for hydroxylation is 1. The van der Waals surface area contributed by atoms with Gasteiger partial charge in [-0.15, -0.1) is 0 Å². The van der Waals surface area contributed by atoms with Crippen molar-refractivity contribution < 1.29 is 4.42 Å². The zero-order valence-electron chi connectivity index (χ0n) is 6.87. The summed E-state index contributed by atoms with van der Waals surface area (Å²) in [6.07, 6.45) is 5.55. The van der Waals surface area contributed by atoms with Crippen LogP contribution >= 0.6 is 8.20 Å². The van der Waals surface area contributed by atoms with E-state index in [9.17, 15) is 0 Å². The molecule has 0 spiro atoms. The summed E-state index contributed by atoms with van der Waals surface area (Å²) in [5.74, 6) is 0. The smallest absolute Gasteiger partial charge is 0.136 e. The van der Waals surface area contributed by atoms with E-state index in [0.717, 1.165) is 13.8 Å². The molecule has 0 fully saturated rings. The molecule has 12 heavy (non-hydrogen) atoms. The molecule has 0 aliphatic carbocycles. The summed E-state index contributed by atoms with van der Waals surface area (Å²) >= 11 is 0. The van der Waals surface area contributed by atoms with E-state index < -0.39 is 0 Å². The molecule has 1 aromatic heterocycles. The predicted molar refractivity (Wildman–Crippen MR) is 54.6 cm³/mol. The van der Waals surface area contributed by atoms with E-state index >= 15 is 0 Å². The van der Waals surface area contributed by atoms with Crippen LogP contribution in [0.25, 0.3) is 11.0 Å². The van der Waals surface area contributed by atoms with Crippen LogP contribution < -0.4 is 5.30 Å². The van der Waals surface area contributed by atoms with Gasteiger partial charge in [0, 0.05) is 10.7 Å². The first kappa shape index (κ1) is 7.57. The molecular formula is C10H9OP. The maximum absolute atomic E-state index is 5.32. The number of rotatable bonds is 1. The second-order valence-corrected chi connectivity index (χ2v) is 3.59. The summed E-state index contributed by atoms with van der Waals surface area (Å²) in [5, 5.41) is 2.41. The third-order valence-electron chi connectivity index (χ3n) is 1.90. The number of furan rings is 1. The molecule has 2 rings (SSSR count). The highest BCUT2D eigenvalue weighted by Crippen LogP contribution is 2.19. The molecule has 0 bridgehead atoms. The highest BCUT2D eigenvalue weighted by Gasteiger charge is 2.01. The van der Waals surface area contributed by atoms with Crippen LogP contribution in [0.2, 0.25) is 0 Å². The second kappa shape index (κ2) is 2.76. The lowest BCUT2D eigenvalue weighted by Crippen LogP contribution is -1.91. The lowest BCUT2D eigenvalue weighted by atomic mass is 10.2. The van der Waals surface area contributed by atoms with E-state index in [2.05, 4.69) is 25.4 Å². The van der Waals surface area contributed by atoms with Crippen molar-refractivity contribution in [2.45, 2.75) is 6.92 Å². The van der Waals surface area contributed by atoms with Crippen molar-refractivity contribution in [3.8, 4) is 0 Å². The van der Waals surface area contributed by atoms with E-state index in [1.165, 1.54) is 16.3 Å². The SMILES string of the molecule is C=Pc1cc(C)c2occc2c1. The van der Waals surface area contributed by atoms with Gasteiger partial charge in [0.15, 0.2) is 0 Å². The highest BCUT2D eigenvalue weighted by molar-refractivity contribution is 7.45. The van der Waals surface area contributed by atoms with Crippen molar-refractivity contribution >= 4 is 30.8 Å². The fraction of sp³-hybridized carbons (Fsp3) is 0.100. The van der Waals surface area contributed by atoms with Crippen LogP contribution in [0.5, 0.6) is 0 Å². The molecule has 2 heteroatoms. The summed E-state index contributed by atoms with van der Waals surface area (Å²) < 4.78 is 5.32. The normalized spacial score (nSPS) is 11.1. The van der Waals surface area contributed by atoms with Crippen LogP contribution in [0, 0.1) is 6.92 Å². The molecule has 0 N–H and O–H groups in total. The minimum atomic E-state index is 0.988. The molecule has 0 atom stereocenters. The molecular weight excluding hydrogens is 167 g/mol. The number of benzene rings is 1. The monoisotopic (exact) mass is 176 g/mol. The van der Waals surface area contributed by atoms with Gasteiger partial charge in [-0.25, -0.2) is 0 Å². The van der Waals surface area contributed by atoms with Gasteiger partial charge in [-0.3, -0.25) is 0 Å². The van der Waals surface area contributed by atoms with E-state index in [4.69, 9.17) is 4.42 Å². The van der Waals surface area contributed by atoms with E-state index in [-0.39, 0.29) is 0 Å². The molecule has 0 amide bonds. The molecule has 2 aromatic rings. The summed E-state index contributed by atoms with van der Waals surface area (Å²) in [7, 11) is 1.06. The van der Waals surface area contributed by atoms with Gasteiger partial charge in [0.2, 0.25) is 0 Å². The van der Waals surface area contributed by atoms with Crippen molar-refractivity contribution in [2.75, 3.05) is 0 Å². The first-order valence-corrected chi connectivity index (χ1v) is 4.84. The Morgan fingerprint density at radius 1 is 1.42 bits per heavy atom. The van der Waals surface area contributed by atoms with Gasteiger partial charge in [0.25, 0.3) is 0 Å². The van der Waals surface area contributed by atoms with Crippen LogP contribution in [0.1, 0.15) is 5.56 Å². The zero-order chi connectivity index (χ0) is 8.55. The van der Waals surface area contributed by atoms with Crippen LogP contribution in [-0.2, 0) is 0 Å². The molecule has 1 heterocycles. The van der Waals surface area contributed by atoms with Gasteiger partial charge in [-0.1, -0.05) is 14.5 Å². The van der Waals surface area contributed by atoms with Gasteiger partial charge >= 0.3 is 0 Å². The Balaban J connectivity index is 2.83. The van der Waals surface area contributed by atoms with Gasteiger partial charge in [0.1, 0.15) is 5.58 Å². The fourth-order valence-electron chi connectivity index (χ4n) is 1.33. The Morgan fingerprint density at radius 2 is 2.25 bits per heavy atom. The molecule has 60 valence electrons. The first-order valence-electron chi connectivity index (χ1n) is 3.76. The highest BCUT2D eigenvalue weighted by atomic mass is 31.1. The van der Waals surface area contributed by atoms with Crippen molar-refractivity contribution in [1.82, 2.24) is 0 Å². The Morgan fingerprint density at radius 3 is 3.00 bits per heavy atom. The average Bonchev–Trinajstić information content (AvgIpc) is 2.52. The van der Waals surface area contributed by atoms with E-state index in [1.54, 1.807) is 6.26 Å². The summed E-state index contributed by atoms with van der Waals surface area (Å²) in [5.41, 5.74) is 2.17. The van der Waals surface area contributed by atoms with Crippen LogP contribution in [-0.4, -0.2) is 6.30 Å². The molecule has 1 nitrogen and oxygen atoms in total. The van der Waals surface area contributed by atoms with Gasteiger partial charge in [-0.05, 0) is 30.7 Å². The van der Waals surface area contributed by atoms with Crippen LogP contribution in [0.15, 0.2) is 28.9 Å². The Kier molecular flexibility index (Phi) is 1.74. The van der Waals surface area contributed by atoms with Crippen molar-refractivity contribution in [2.24, 2.45) is 0 Å². The van der Waals surface area contributed by atoms with Crippen LogP contribution in [0.3, 0.4) is 0 Å². The molecule has 0 saturated heterocycles. The van der Waals surface area contributed by atoms with Crippen molar-refractivity contribution in [1.29, 1.82) is 0 Å². The quantitative estimate of drug-likeness (QED) is 0.609. The lowest BCUT2D eigenvalue weighted by molar-refractivity contribution is 0.613. The van der Waals surface area contributed by atoms with Gasteiger partial charge < -0.3 is 4.42 Å². The topological polar surface area (TPSA) is 13.1 Å². The first-order chi connectivity index (χ1) is 5.81. The van der Waals surface area contributed by atoms with Crippen LogP contribution in [0.4, 0.5) is 0 Å². The Labute approximate surface area is 72.8 Å². The third-order valence-corrected chi connectivity index (χ3v) is 2.53. The van der Waals surface area contributed by atoms with E-state index in [0.29, 0.717) is 0 Å². The summed E-state index contributed by atoms with van der Waals surface area (Å²) in [4.78, 5) is 0. The van der Waals surface area contributed by atoms with Crippen molar-refractivity contribution in [3.05, 3.63) is 30.0 Å². The minimum Gasteiger partial charge on any atom is -0.464 e. The minimum absolute atomic E-state index is 0.988. The number of hydrogen-bond donors (Lipinski definition) is 0. The molecule has 0 aliphatic rings. The number of fused-ring (bicyclic) bond motifs is 1. The fourth-order valence-corrected chi connectivity index (χ4v) is 1.85. The summed E-state index contributed by atoms with van der Waals surface area (Å²) in [6, 6.07) is 6.21. The largest absolute Gasteiger partial charge is 0.464 e. The molecule has 0 unspecified atom stereocenters. The van der Waals surface area contributed by atoms with Crippen molar-refractivity contribution in [3.63, 3.8) is 0 Å². The maximum atomic E-state index is 5.32. The predicted octanol–water partition coefficient (Wildman–Crippen LogP) is 2.74. The zero-order valence-corrected chi connectivity index (χ0v) is 7.77. The molecule has 1 aromatic carbocycles. The Bertz CT molecular complexity index is 428. The standard InChI is InChI=1S/C10H9OP/c1-7-5-9(12-2)6-8-3-4-11-10(7)8/h3-6H,2H2,1H3. The average molecular weight is 176 g/mol. The van der Waals surface area contributed by atoms with E-state index in [1.807, 2.05) is 6.07 Å². The third kappa shape index (κ3) is 1.07. The Hall–Kier alpha value is -1.07. The lowest BCUT2D eigenvalue weighted by Gasteiger charge is -1.96. The molecule has 0 radical (unpaired) electrons. The van der Waals surface area contributed by atoms with Gasteiger partial charge in [-0.2, -0.15) is 0 Å².